The van der Waals surface area contributed by atoms with Crippen LogP contribution in [0.2, 0.25) is 0 Å². The van der Waals surface area contributed by atoms with Gasteiger partial charge in [0.25, 0.3) is 6.43 Å². The van der Waals surface area contributed by atoms with Crippen LogP contribution in [0.1, 0.15) is 17.6 Å². The molecule has 0 bridgehead atoms. The quantitative estimate of drug-likeness (QED) is 0.626. The second-order valence-corrected chi connectivity index (χ2v) is 3.35. The van der Waals surface area contributed by atoms with E-state index in [2.05, 4.69) is 15.9 Å². The predicted octanol–water partition coefficient (Wildman–Crippen LogP) is 3.09. The van der Waals surface area contributed by atoms with Gasteiger partial charge in [-0.3, -0.25) is 4.79 Å². The maximum atomic E-state index is 12.3. The van der Waals surface area contributed by atoms with E-state index in [0.717, 1.165) is 0 Å². The Balaban J connectivity index is 3.52. The van der Waals surface area contributed by atoms with Crippen molar-refractivity contribution in [3.8, 4) is 0 Å². The standard InChI is InChI=1S/C7H3BrF5NO/c8-5-3(7(11,12)13)4(15)2(1-14-5)6(9)10/h1,6H,(H,14,15). The topological polar surface area (TPSA) is 32.9 Å². The molecule has 0 aliphatic heterocycles. The van der Waals surface area contributed by atoms with Crippen LogP contribution in [-0.2, 0) is 6.18 Å². The maximum absolute atomic E-state index is 12.3. The first kappa shape index (κ1) is 12.2. The van der Waals surface area contributed by atoms with E-state index in [4.69, 9.17) is 0 Å². The Morgan fingerprint density at radius 1 is 1.33 bits per heavy atom. The lowest BCUT2D eigenvalue weighted by Gasteiger charge is -2.09. The van der Waals surface area contributed by atoms with Crippen LogP contribution in [0.5, 0.6) is 0 Å². The molecule has 0 radical (unpaired) electrons. The Morgan fingerprint density at radius 3 is 2.27 bits per heavy atom. The zero-order valence-electron chi connectivity index (χ0n) is 6.83. The Morgan fingerprint density at radius 2 is 1.87 bits per heavy atom. The molecule has 0 aliphatic carbocycles. The number of aromatic amines is 1. The molecule has 84 valence electrons. The van der Waals surface area contributed by atoms with Crippen molar-refractivity contribution in [2.45, 2.75) is 12.6 Å². The van der Waals surface area contributed by atoms with Gasteiger partial charge in [-0.15, -0.1) is 0 Å². The van der Waals surface area contributed by atoms with Crippen LogP contribution >= 0.6 is 15.9 Å². The monoisotopic (exact) mass is 291 g/mol. The molecule has 1 N–H and O–H groups in total. The fourth-order valence-electron chi connectivity index (χ4n) is 0.938. The number of H-pyrrole nitrogens is 1. The molecule has 0 saturated heterocycles. The van der Waals surface area contributed by atoms with Gasteiger partial charge in [0.1, 0.15) is 5.56 Å². The minimum atomic E-state index is -4.97. The lowest BCUT2D eigenvalue weighted by Crippen LogP contribution is -2.24. The van der Waals surface area contributed by atoms with Gasteiger partial charge in [0.15, 0.2) is 0 Å². The van der Waals surface area contributed by atoms with Gasteiger partial charge in [-0.1, -0.05) is 0 Å². The first-order valence-corrected chi connectivity index (χ1v) is 4.31. The zero-order chi connectivity index (χ0) is 11.8. The molecule has 1 aromatic rings. The van der Waals surface area contributed by atoms with E-state index in [1.165, 1.54) is 0 Å². The second kappa shape index (κ2) is 3.92. The van der Waals surface area contributed by atoms with Crippen LogP contribution in [0.25, 0.3) is 0 Å². The Kier molecular flexibility index (Phi) is 3.17. The highest BCUT2D eigenvalue weighted by Crippen LogP contribution is 2.32. The summed E-state index contributed by atoms with van der Waals surface area (Å²) in [6, 6.07) is 0. The minimum Gasteiger partial charge on any atom is -0.355 e. The van der Waals surface area contributed by atoms with Gasteiger partial charge in [0.05, 0.1) is 10.2 Å². The SMILES string of the molecule is O=c1c(C(F)F)c[nH]c(Br)c1C(F)(F)F. The van der Waals surface area contributed by atoms with Crippen molar-refractivity contribution in [1.29, 1.82) is 0 Å². The third-order valence-corrected chi connectivity index (χ3v) is 2.21. The molecule has 0 saturated carbocycles. The van der Waals surface area contributed by atoms with Crippen molar-refractivity contribution >= 4 is 15.9 Å². The van der Waals surface area contributed by atoms with E-state index >= 15 is 0 Å². The average Bonchev–Trinajstić information content (AvgIpc) is 2.00. The summed E-state index contributed by atoms with van der Waals surface area (Å²) in [6.45, 7) is 0. The van der Waals surface area contributed by atoms with Crippen molar-refractivity contribution in [2.75, 3.05) is 0 Å². The summed E-state index contributed by atoms with van der Waals surface area (Å²) >= 11 is 2.45. The van der Waals surface area contributed by atoms with Gasteiger partial charge in [-0.05, 0) is 15.9 Å². The third kappa shape index (κ3) is 2.36. The predicted molar refractivity (Wildman–Crippen MR) is 44.7 cm³/mol. The molecule has 0 aliphatic rings. The maximum Gasteiger partial charge on any atom is 0.422 e. The van der Waals surface area contributed by atoms with Gasteiger partial charge in [-0.25, -0.2) is 8.78 Å². The van der Waals surface area contributed by atoms with Gasteiger partial charge in [0, 0.05) is 6.20 Å². The molecule has 0 unspecified atom stereocenters. The van der Waals surface area contributed by atoms with Gasteiger partial charge >= 0.3 is 6.18 Å². The normalized spacial score (nSPS) is 12.2. The fourth-order valence-corrected chi connectivity index (χ4v) is 1.46. The summed E-state index contributed by atoms with van der Waals surface area (Å²) in [6.07, 6.45) is -7.67. The van der Waals surface area contributed by atoms with E-state index in [1.807, 2.05) is 4.98 Å². The van der Waals surface area contributed by atoms with Crippen LogP contribution in [-0.4, -0.2) is 4.98 Å². The van der Waals surface area contributed by atoms with Crippen LogP contribution in [0.4, 0.5) is 22.0 Å². The number of rotatable bonds is 1. The van der Waals surface area contributed by atoms with E-state index in [0.29, 0.717) is 6.20 Å². The van der Waals surface area contributed by atoms with Gasteiger partial charge in [-0.2, -0.15) is 13.2 Å². The Bertz CT molecular complexity index is 424. The lowest BCUT2D eigenvalue weighted by molar-refractivity contribution is -0.139. The second-order valence-electron chi connectivity index (χ2n) is 2.56. The number of aromatic nitrogens is 1. The first-order chi connectivity index (χ1) is 6.75. The highest BCUT2D eigenvalue weighted by molar-refractivity contribution is 9.10. The summed E-state index contributed by atoms with van der Waals surface area (Å²) in [4.78, 5) is 12.9. The summed E-state index contributed by atoms with van der Waals surface area (Å²) in [5.41, 5.74) is -4.58. The molecule has 0 aromatic carbocycles. The Labute approximate surface area is 88.2 Å². The molecule has 1 aromatic heterocycles. The highest BCUT2D eigenvalue weighted by Gasteiger charge is 2.38. The average molecular weight is 292 g/mol. The molecular weight excluding hydrogens is 289 g/mol. The van der Waals surface area contributed by atoms with Crippen LogP contribution in [0, 0.1) is 0 Å². The first-order valence-electron chi connectivity index (χ1n) is 3.51. The van der Waals surface area contributed by atoms with E-state index < -0.39 is 33.8 Å². The molecule has 0 atom stereocenters. The van der Waals surface area contributed by atoms with E-state index in [9.17, 15) is 26.7 Å². The molecule has 1 rings (SSSR count). The van der Waals surface area contributed by atoms with Gasteiger partial charge < -0.3 is 4.98 Å². The molecule has 15 heavy (non-hydrogen) atoms. The number of nitrogens with one attached hydrogen (secondary N) is 1. The van der Waals surface area contributed by atoms with Crippen molar-refractivity contribution < 1.29 is 22.0 Å². The number of hydrogen-bond acceptors (Lipinski definition) is 1. The fraction of sp³-hybridized carbons (Fsp3) is 0.286. The van der Waals surface area contributed by atoms with Crippen molar-refractivity contribution in [3.05, 3.63) is 32.2 Å². The van der Waals surface area contributed by atoms with Crippen molar-refractivity contribution in [3.63, 3.8) is 0 Å². The smallest absolute Gasteiger partial charge is 0.355 e. The number of pyridine rings is 1. The summed E-state index contributed by atoms with van der Waals surface area (Å²) in [5.74, 6) is 0. The zero-order valence-corrected chi connectivity index (χ0v) is 8.42. The van der Waals surface area contributed by atoms with Crippen LogP contribution < -0.4 is 5.43 Å². The molecule has 0 amide bonds. The van der Waals surface area contributed by atoms with E-state index in [1.54, 1.807) is 0 Å². The lowest BCUT2D eigenvalue weighted by atomic mass is 10.2. The molecular formula is C7H3BrF5NO. The number of hydrogen-bond donors (Lipinski definition) is 1. The number of alkyl halides is 5. The molecule has 2 nitrogen and oxygen atoms in total. The van der Waals surface area contributed by atoms with Crippen molar-refractivity contribution in [1.82, 2.24) is 4.98 Å². The summed E-state index contributed by atoms with van der Waals surface area (Å²) in [7, 11) is 0. The molecule has 0 fully saturated rings. The number of halogens is 6. The third-order valence-electron chi connectivity index (χ3n) is 1.58. The molecule has 8 heteroatoms. The highest BCUT2D eigenvalue weighted by atomic mass is 79.9. The summed E-state index contributed by atoms with van der Waals surface area (Å²) in [5, 5.41) is 0. The minimum absolute atomic E-state index is 0.548. The van der Waals surface area contributed by atoms with E-state index in [-0.39, 0.29) is 0 Å². The molecule has 1 heterocycles. The van der Waals surface area contributed by atoms with Crippen molar-refractivity contribution in [2.24, 2.45) is 0 Å². The molecule has 0 spiro atoms. The largest absolute Gasteiger partial charge is 0.422 e. The van der Waals surface area contributed by atoms with Gasteiger partial charge in [0.2, 0.25) is 5.43 Å². The van der Waals surface area contributed by atoms with Crippen LogP contribution in [0.3, 0.4) is 0 Å². The summed E-state index contributed by atoms with van der Waals surface area (Å²) < 4.78 is 60.4. The van der Waals surface area contributed by atoms with Crippen LogP contribution in [0.15, 0.2) is 15.6 Å². The Hall–Kier alpha value is -0.920.